The Labute approximate surface area is 159 Å². The fourth-order valence-corrected chi connectivity index (χ4v) is 3.93. The Kier molecular flexibility index (Phi) is 3.18. The number of fused-ring (bicyclic) bond motifs is 2. The Morgan fingerprint density at radius 3 is 2.86 bits per heavy atom. The summed E-state index contributed by atoms with van der Waals surface area (Å²) >= 11 is 0. The van der Waals surface area contributed by atoms with Crippen LogP contribution in [0.4, 0.5) is 10.2 Å². The Morgan fingerprint density at radius 2 is 2.07 bits per heavy atom. The van der Waals surface area contributed by atoms with Crippen molar-refractivity contribution in [3.05, 3.63) is 48.2 Å². The van der Waals surface area contributed by atoms with Gasteiger partial charge in [0.05, 0.1) is 17.9 Å². The van der Waals surface area contributed by atoms with Gasteiger partial charge in [0.2, 0.25) is 5.91 Å². The maximum atomic E-state index is 14.9. The molecule has 1 aromatic carbocycles. The summed E-state index contributed by atoms with van der Waals surface area (Å²) in [4.78, 5) is 16.5. The first kappa shape index (κ1) is 15.8. The van der Waals surface area contributed by atoms with E-state index in [1.165, 1.54) is 0 Å². The number of nitrogens with one attached hydrogen (secondary N) is 2. The van der Waals surface area contributed by atoms with E-state index in [2.05, 4.69) is 20.5 Å². The summed E-state index contributed by atoms with van der Waals surface area (Å²) in [5.41, 5.74) is 4.02. The molecule has 0 bridgehead atoms. The Bertz CT molecular complexity index is 1250. The lowest BCUT2D eigenvalue weighted by atomic mass is 9.94. The molecule has 4 aromatic rings. The number of pyridine rings is 1. The molecule has 2 aliphatic rings. The minimum absolute atomic E-state index is 0.0323. The second-order valence-electron chi connectivity index (χ2n) is 7.83. The highest BCUT2D eigenvalue weighted by Gasteiger charge is 2.32. The second-order valence-corrected chi connectivity index (χ2v) is 7.83. The van der Waals surface area contributed by atoms with Crippen LogP contribution in [0.1, 0.15) is 37.2 Å². The van der Waals surface area contributed by atoms with E-state index in [1.54, 1.807) is 12.3 Å². The van der Waals surface area contributed by atoms with E-state index >= 15 is 0 Å². The van der Waals surface area contributed by atoms with Crippen molar-refractivity contribution in [2.45, 2.75) is 31.6 Å². The molecule has 0 atom stereocenters. The molecule has 0 aliphatic heterocycles. The highest BCUT2D eigenvalue weighted by molar-refractivity contribution is 5.97. The number of benzene rings is 1. The standard InChI is InChI=1S/C21H18FN5O/c22-15-7-16-14(8-23-26-16)19(20(15)11-1-2-11)13-5-6-18-24-17(10-27(18)9-13)25-21(28)12-3-4-12/h5-12H,1-4H2,(H,23,26)(H,25,28). The van der Waals surface area contributed by atoms with Crippen LogP contribution < -0.4 is 5.32 Å². The zero-order valence-electron chi connectivity index (χ0n) is 15.1. The van der Waals surface area contributed by atoms with Gasteiger partial charge in [-0.1, -0.05) is 0 Å². The second kappa shape index (κ2) is 5.64. The Morgan fingerprint density at radius 1 is 1.21 bits per heavy atom. The van der Waals surface area contributed by atoms with E-state index in [0.717, 1.165) is 53.4 Å². The highest BCUT2D eigenvalue weighted by atomic mass is 19.1. The van der Waals surface area contributed by atoms with Crippen LogP contribution >= 0.6 is 0 Å². The van der Waals surface area contributed by atoms with Crippen molar-refractivity contribution in [1.82, 2.24) is 19.6 Å². The van der Waals surface area contributed by atoms with E-state index < -0.39 is 0 Å². The fourth-order valence-electron chi connectivity index (χ4n) is 3.93. The maximum Gasteiger partial charge on any atom is 0.228 e. The minimum Gasteiger partial charge on any atom is -0.309 e. The molecule has 0 spiro atoms. The van der Waals surface area contributed by atoms with Gasteiger partial charge in [-0.05, 0) is 60.9 Å². The number of hydrogen-bond acceptors (Lipinski definition) is 3. The molecule has 3 heterocycles. The molecule has 2 fully saturated rings. The van der Waals surface area contributed by atoms with E-state index in [1.807, 2.05) is 28.9 Å². The molecule has 28 heavy (non-hydrogen) atoms. The molecule has 3 aromatic heterocycles. The van der Waals surface area contributed by atoms with Crippen LogP contribution in [0.15, 0.2) is 36.8 Å². The number of nitrogens with zero attached hydrogens (tertiary/aromatic N) is 3. The van der Waals surface area contributed by atoms with Crippen molar-refractivity contribution < 1.29 is 9.18 Å². The summed E-state index contributed by atoms with van der Waals surface area (Å²) in [6, 6.07) is 5.40. The van der Waals surface area contributed by atoms with Crippen molar-refractivity contribution in [2.75, 3.05) is 5.32 Å². The molecule has 1 amide bonds. The minimum atomic E-state index is -0.183. The topological polar surface area (TPSA) is 75.1 Å². The lowest BCUT2D eigenvalue weighted by Gasteiger charge is -2.12. The molecule has 0 unspecified atom stereocenters. The van der Waals surface area contributed by atoms with Crippen LogP contribution in [0.3, 0.4) is 0 Å². The zero-order valence-corrected chi connectivity index (χ0v) is 15.1. The maximum absolute atomic E-state index is 14.9. The van der Waals surface area contributed by atoms with E-state index in [4.69, 9.17) is 0 Å². The number of imidazole rings is 1. The van der Waals surface area contributed by atoms with Gasteiger partial charge in [-0.2, -0.15) is 5.10 Å². The van der Waals surface area contributed by atoms with Crippen molar-refractivity contribution in [3.8, 4) is 11.1 Å². The molecule has 7 heteroatoms. The SMILES string of the molecule is O=C(Nc1cn2cc(-c3c(C4CC4)c(F)cc4[nH]ncc34)ccc2n1)C1CC1. The first-order valence-corrected chi connectivity index (χ1v) is 9.63. The third-order valence-corrected chi connectivity index (χ3v) is 5.66. The van der Waals surface area contributed by atoms with Crippen LogP contribution in [0, 0.1) is 11.7 Å². The smallest absolute Gasteiger partial charge is 0.228 e. The zero-order chi connectivity index (χ0) is 18.8. The predicted octanol–water partition coefficient (Wildman–Crippen LogP) is 4.24. The van der Waals surface area contributed by atoms with Crippen LogP contribution in [0.5, 0.6) is 0 Å². The summed E-state index contributed by atoms with van der Waals surface area (Å²) in [5, 5.41) is 10.8. The number of carbonyl (C=O) groups is 1. The third kappa shape index (κ3) is 2.50. The van der Waals surface area contributed by atoms with Gasteiger partial charge in [0.1, 0.15) is 11.5 Å². The lowest BCUT2D eigenvalue weighted by molar-refractivity contribution is -0.117. The Hall–Kier alpha value is -3.22. The van der Waals surface area contributed by atoms with Crippen molar-refractivity contribution >= 4 is 28.3 Å². The van der Waals surface area contributed by atoms with Gasteiger partial charge in [0.25, 0.3) is 0 Å². The van der Waals surface area contributed by atoms with Gasteiger partial charge >= 0.3 is 0 Å². The molecule has 0 saturated heterocycles. The van der Waals surface area contributed by atoms with Crippen LogP contribution in [0.25, 0.3) is 27.7 Å². The number of anilines is 1. The molecule has 6 nitrogen and oxygen atoms in total. The van der Waals surface area contributed by atoms with Crippen LogP contribution in [-0.2, 0) is 4.79 Å². The summed E-state index contributed by atoms with van der Waals surface area (Å²) in [6.07, 6.45) is 9.44. The summed E-state index contributed by atoms with van der Waals surface area (Å²) in [7, 11) is 0. The number of aromatic nitrogens is 4. The summed E-state index contributed by atoms with van der Waals surface area (Å²) in [5.74, 6) is 0.788. The van der Waals surface area contributed by atoms with Crippen molar-refractivity contribution in [1.29, 1.82) is 0 Å². The molecule has 2 saturated carbocycles. The number of H-pyrrole nitrogens is 1. The van der Waals surface area contributed by atoms with E-state index in [0.29, 0.717) is 11.3 Å². The molecular formula is C21H18FN5O. The molecule has 2 N–H and O–H groups in total. The number of rotatable bonds is 4. The number of hydrogen-bond donors (Lipinski definition) is 2. The largest absolute Gasteiger partial charge is 0.309 e. The average molecular weight is 375 g/mol. The molecule has 2 aliphatic carbocycles. The summed E-state index contributed by atoms with van der Waals surface area (Å²) in [6.45, 7) is 0. The van der Waals surface area contributed by atoms with Crippen molar-refractivity contribution in [2.24, 2.45) is 5.92 Å². The monoisotopic (exact) mass is 375 g/mol. The van der Waals surface area contributed by atoms with Crippen molar-refractivity contribution in [3.63, 3.8) is 0 Å². The number of aromatic amines is 1. The van der Waals surface area contributed by atoms with E-state index in [-0.39, 0.29) is 23.6 Å². The molecule has 0 radical (unpaired) electrons. The summed E-state index contributed by atoms with van der Waals surface area (Å²) < 4.78 is 16.7. The normalized spacial score (nSPS) is 16.8. The quantitative estimate of drug-likeness (QED) is 0.560. The van der Waals surface area contributed by atoms with Gasteiger partial charge in [-0.3, -0.25) is 9.89 Å². The first-order valence-electron chi connectivity index (χ1n) is 9.63. The first-order chi connectivity index (χ1) is 13.7. The van der Waals surface area contributed by atoms with Gasteiger partial charge < -0.3 is 9.72 Å². The average Bonchev–Trinajstić information content (AvgIpc) is 3.60. The molecule has 6 rings (SSSR count). The molecule has 140 valence electrons. The van der Waals surface area contributed by atoms with Gasteiger partial charge in [-0.15, -0.1) is 0 Å². The van der Waals surface area contributed by atoms with Crippen LogP contribution in [-0.4, -0.2) is 25.5 Å². The van der Waals surface area contributed by atoms with Gasteiger partial charge in [-0.25, -0.2) is 9.37 Å². The number of halogens is 1. The highest BCUT2D eigenvalue weighted by Crippen LogP contribution is 2.48. The van der Waals surface area contributed by atoms with Gasteiger partial charge in [0, 0.05) is 23.1 Å². The number of amides is 1. The fraction of sp³-hybridized carbons (Fsp3) is 0.286. The number of carbonyl (C=O) groups excluding carboxylic acids is 1. The Balaban J connectivity index is 1.48. The molecular weight excluding hydrogens is 357 g/mol. The lowest BCUT2D eigenvalue weighted by Crippen LogP contribution is -2.13. The third-order valence-electron chi connectivity index (χ3n) is 5.66. The predicted molar refractivity (Wildman–Crippen MR) is 104 cm³/mol. The van der Waals surface area contributed by atoms with Gasteiger partial charge in [0.15, 0.2) is 5.82 Å². The van der Waals surface area contributed by atoms with Crippen LogP contribution in [0.2, 0.25) is 0 Å². The van der Waals surface area contributed by atoms with E-state index in [9.17, 15) is 9.18 Å².